The Morgan fingerprint density at radius 1 is 0.678 bits per heavy atom. The van der Waals surface area contributed by atoms with Crippen molar-refractivity contribution in [2.75, 3.05) is 52.0 Å². The summed E-state index contributed by atoms with van der Waals surface area (Å²) in [6, 6.07) is 8.65. The van der Waals surface area contributed by atoms with Crippen LogP contribution in [0.15, 0.2) is 70.7 Å². The second kappa shape index (κ2) is 28.9. The normalized spacial score (nSPS) is 24.5. The third-order valence-electron chi connectivity index (χ3n) is 15.7. The fourth-order valence-corrected chi connectivity index (χ4v) is 15.5. The van der Waals surface area contributed by atoms with Crippen molar-refractivity contribution in [1.82, 2.24) is 39.7 Å². The maximum Gasteiger partial charge on any atom is 0.259 e. The number of nitrogens with zero attached hydrogens (tertiary/aromatic N) is 3. The van der Waals surface area contributed by atoms with Crippen molar-refractivity contribution in [3.05, 3.63) is 70.7 Å². The predicted molar refractivity (Wildman–Crippen MR) is 345 cm³/mol. The fraction of sp³-hybridized carbons (Fsp3) is 0.536. The molecule has 10 rings (SSSR count). The van der Waals surface area contributed by atoms with Crippen molar-refractivity contribution >= 4 is 140 Å². The van der Waals surface area contributed by atoms with Gasteiger partial charge in [-0.15, -0.1) is 25.6 Å². The quantitative estimate of drug-likeness (QED) is 0.0408. The summed E-state index contributed by atoms with van der Waals surface area (Å²) < 4.78 is 137. The molecule has 8 atom stereocenters. The van der Waals surface area contributed by atoms with Crippen LogP contribution in [0.5, 0.6) is 34.8 Å². The lowest BCUT2D eigenvalue weighted by Crippen LogP contribution is -2.56. The van der Waals surface area contributed by atoms with Crippen molar-refractivity contribution in [2.24, 2.45) is 11.8 Å². The van der Waals surface area contributed by atoms with Crippen LogP contribution in [-0.4, -0.2) is 169 Å². The Hall–Kier alpha value is -5.32. The number of pyridine rings is 2. The highest BCUT2D eigenvalue weighted by atomic mass is 79.9. The number of methoxy groups -OCH3 is 2. The topological polar surface area (TPSA) is 349 Å². The largest absolute Gasteiger partial charge is 0.495 e. The summed E-state index contributed by atoms with van der Waals surface area (Å²) in [6.07, 6.45) is 4.68. The fourth-order valence-electron chi connectivity index (χ4n) is 10.3. The molecule has 5 N–H and O–H groups in total. The molecule has 34 heteroatoms. The first-order valence-electron chi connectivity index (χ1n) is 28.6. The number of fused-ring (bicyclic) bond motifs is 2. The van der Waals surface area contributed by atoms with Crippen molar-refractivity contribution in [2.45, 2.75) is 125 Å². The van der Waals surface area contributed by atoms with Crippen LogP contribution in [-0.2, 0) is 58.3 Å². The maximum atomic E-state index is 13.7. The van der Waals surface area contributed by atoms with E-state index in [1.54, 1.807) is 37.5 Å². The van der Waals surface area contributed by atoms with Crippen molar-refractivity contribution < 1.29 is 81.3 Å². The van der Waals surface area contributed by atoms with Crippen LogP contribution in [0, 0.1) is 11.8 Å². The molecule has 2 aromatic heterocycles. The van der Waals surface area contributed by atoms with Gasteiger partial charge in [0, 0.05) is 64.8 Å². The Morgan fingerprint density at radius 2 is 1.11 bits per heavy atom. The van der Waals surface area contributed by atoms with E-state index < -0.39 is 108 Å². The number of hydrogen-bond donors (Lipinski definition) is 5. The van der Waals surface area contributed by atoms with Crippen LogP contribution in [0.3, 0.4) is 0 Å². The molecule has 4 saturated carbocycles. The summed E-state index contributed by atoms with van der Waals surface area (Å²) in [5, 5.41) is 8.81. The van der Waals surface area contributed by atoms with Gasteiger partial charge in [0.25, 0.3) is 11.8 Å². The van der Waals surface area contributed by atoms with Gasteiger partial charge in [0.2, 0.25) is 62.7 Å². The van der Waals surface area contributed by atoms with E-state index in [1.165, 1.54) is 27.0 Å². The Bertz CT molecular complexity index is 3910. The summed E-state index contributed by atoms with van der Waals surface area (Å²) >= 11 is 7.06. The first-order valence-corrected chi connectivity index (χ1v) is 37.3. The molecular formula is C56H72Br2Cl2N8O18S4. The van der Waals surface area contributed by atoms with Gasteiger partial charge in [0.1, 0.15) is 52.3 Å². The molecule has 496 valence electrons. The zero-order chi connectivity index (χ0) is 65.2. The van der Waals surface area contributed by atoms with Gasteiger partial charge in [-0.2, -0.15) is 4.31 Å². The molecule has 0 radical (unpaired) electrons. The molecule has 2 aromatic carbocycles. The summed E-state index contributed by atoms with van der Waals surface area (Å²) in [6.45, 7) is 15.1. The van der Waals surface area contributed by atoms with Crippen molar-refractivity contribution in [3.63, 3.8) is 0 Å². The number of rotatable bonds is 25. The molecule has 4 aliphatic carbocycles. The number of aromatic nitrogens is 2. The number of halogens is 4. The van der Waals surface area contributed by atoms with Gasteiger partial charge in [-0.25, -0.2) is 43.6 Å². The maximum absolute atomic E-state index is 13.7. The lowest BCUT2D eigenvalue weighted by Gasteiger charge is -2.25. The van der Waals surface area contributed by atoms with Gasteiger partial charge >= 0.3 is 0 Å². The molecule has 2 saturated heterocycles. The van der Waals surface area contributed by atoms with Gasteiger partial charge in [-0.3, -0.25) is 28.6 Å². The zero-order valence-electron chi connectivity index (χ0n) is 49.9. The number of carbonyl (C=O) groups is 4. The minimum absolute atomic E-state index is 0. The molecular weight excluding hydrogens is 1430 g/mol. The smallest absolute Gasteiger partial charge is 0.259 e. The summed E-state index contributed by atoms with van der Waals surface area (Å²) in [5.74, 6) is -1.04. The molecule has 0 bridgehead atoms. The minimum Gasteiger partial charge on any atom is -0.495 e. The van der Waals surface area contributed by atoms with Crippen LogP contribution < -0.4 is 53.8 Å². The predicted octanol–water partition coefficient (Wildman–Crippen LogP) is 5.43. The second-order valence-electron chi connectivity index (χ2n) is 21.8. The summed E-state index contributed by atoms with van der Waals surface area (Å²) in [4.78, 5) is 62.2. The number of sulfonamides is 3. The van der Waals surface area contributed by atoms with E-state index in [9.17, 15) is 52.8 Å². The first kappa shape index (κ1) is 72.1. The Kier molecular flexibility index (Phi) is 23.2. The average Bonchev–Trinajstić information content (AvgIpc) is 1.58. The molecule has 4 amide bonds. The van der Waals surface area contributed by atoms with Crippen LogP contribution in [0.4, 0.5) is 0 Å². The third-order valence-corrected chi connectivity index (χ3v) is 24.1. The molecule has 2 aliphatic heterocycles. The van der Waals surface area contributed by atoms with Crippen LogP contribution in [0.1, 0.15) is 79.1 Å². The van der Waals surface area contributed by atoms with Crippen molar-refractivity contribution in [3.8, 4) is 34.8 Å². The number of carbonyl (C=O) groups excluding carboxylic acids is 4. The van der Waals surface area contributed by atoms with E-state index in [1.807, 2.05) is 26.0 Å². The van der Waals surface area contributed by atoms with Gasteiger partial charge in [0.15, 0.2) is 0 Å². The first-order chi connectivity index (χ1) is 42.0. The van der Waals surface area contributed by atoms with Gasteiger partial charge in [-0.05, 0) is 115 Å². The highest BCUT2D eigenvalue weighted by Gasteiger charge is 2.63. The summed E-state index contributed by atoms with van der Waals surface area (Å²) in [7, 11) is -6.89. The van der Waals surface area contributed by atoms with E-state index >= 15 is 0 Å². The number of benzene rings is 2. The van der Waals surface area contributed by atoms with E-state index in [0.717, 1.165) is 9.69 Å². The molecule has 4 aromatic rings. The molecule has 6 fully saturated rings. The summed E-state index contributed by atoms with van der Waals surface area (Å²) in [5.41, 5.74) is -1.73. The van der Waals surface area contributed by atoms with Crippen LogP contribution in [0.2, 0.25) is 0 Å². The molecule has 6 aliphatic rings. The number of nitrogens with one attached hydrogen (secondary N) is 5. The molecule has 90 heavy (non-hydrogen) atoms. The number of amides is 4. The van der Waals surface area contributed by atoms with E-state index in [-0.39, 0.29) is 61.2 Å². The zero-order valence-corrected chi connectivity index (χ0v) is 57.9. The number of ether oxygens (including phenoxy) is 6. The minimum atomic E-state index is -3.88. The average molecular weight is 1500 g/mol. The van der Waals surface area contributed by atoms with Crippen LogP contribution in [0.25, 0.3) is 21.8 Å². The molecule has 4 heterocycles. The van der Waals surface area contributed by atoms with Gasteiger partial charge < -0.3 is 44.4 Å². The van der Waals surface area contributed by atoms with E-state index in [0.29, 0.717) is 113 Å². The monoisotopic (exact) mass is 1500 g/mol. The molecule has 0 spiro atoms. The lowest BCUT2D eigenvalue weighted by molar-refractivity contribution is -0.131. The Balaban J connectivity index is 0.000000234. The molecule has 26 nitrogen and oxygen atoms in total. The highest BCUT2D eigenvalue weighted by molar-refractivity contribution is 9.11. The van der Waals surface area contributed by atoms with E-state index in [2.05, 4.69) is 91.1 Å². The number of hydrogen-bond acceptors (Lipinski definition) is 21. The third kappa shape index (κ3) is 16.3. The standard InChI is InChI=1S/C28H35BrN4O9S2.C26H31BrN4O7S.C2H5ClO2S.ClH/c1-5-16-14-28(16,27(35)32-44(38,39)18-8-9-18)31-26(34)20-12-17(15-33(20)43(36,37)7-3)42-22-13-23(41-6-2)30-25-19(22)10-11-21(40-4)24(25)29;1-4-14-12-26(14,25(33)31-39(34,35)16-6-7-16)30-24(32)18-10-15(13-28-18)38-20-11-21(37-5-2)29-23-17(20)8-9-19(36-3)22(23)27;1-2-6(3,4)5;/h5,10-11,13,16-18,20H,1,6-9,12,14-15H2,2-4H3,(H,31,34)(H,32,35);4,8-9,11,14-16,18,28H,1,5-7,10,12-13H2,2-3H3,(H,30,32)(H,31,33);2H2,1H3;1H/t16?,17-,20+,28-;14?,15-,18+,26-;;/m11../s1. The van der Waals surface area contributed by atoms with Gasteiger partial charge in [0.05, 0.1) is 82.0 Å². The van der Waals surface area contributed by atoms with Gasteiger partial charge in [-0.1, -0.05) is 19.1 Å². The SMILES string of the molecule is C=CC1C[C@]1(NC(=O)[C@@H]1C[C@@H](Oc2cc(OCC)nc3c(Br)c(OC)ccc23)CN1)C(=O)NS(=O)(=O)C1CC1.C=CC1C[C@]1(NC(=O)[C@@H]1C[C@@H](Oc2cc(OCC)nc3c(Br)c(OC)ccc23)CN1S(=O)(=O)CC)C(=O)NS(=O)(=O)C1CC1.CCS(=O)(=O)Cl.Cl. The second-order valence-corrected chi connectivity index (χ2v) is 32.6. The van der Waals surface area contributed by atoms with E-state index in [4.69, 9.17) is 28.4 Å². The lowest BCUT2D eigenvalue weighted by atomic mass is 10.1. The molecule has 2 unspecified atom stereocenters. The van der Waals surface area contributed by atoms with Crippen LogP contribution >= 0.6 is 54.9 Å². The van der Waals surface area contributed by atoms with Crippen molar-refractivity contribution in [1.29, 1.82) is 0 Å². The Morgan fingerprint density at radius 3 is 1.49 bits per heavy atom. The Labute approximate surface area is 550 Å². The highest BCUT2D eigenvalue weighted by Crippen LogP contribution is 2.48.